The first-order valence-corrected chi connectivity index (χ1v) is 5.99. The van der Waals surface area contributed by atoms with Gasteiger partial charge in [0.2, 0.25) is 0 Å². The number of hydrogen-bond acceptors (Lipinski definition) is 3. The molecule has 1 aromatic heterocycles. The van der Waals surface area contributed by atoms with Gasteiger partial charge in [0, 0.05) is 24.7 Å². The predicted octanol–water partition coefficient (Wildman–Crippen LogP) is 3.20. The van der Waals surface area contributed by atoms with Crippen LogP contribution in [0, 0.1) is 12.3 Å². The molecule has 3 nitrogen and oxygen atoms in total. The zero-order chi connectivity index (χ0) is 12.2. The summed E-state index contributed by atoms with van der Waals surface area (Å²) in [6, 6.07) is 2.00. The molecule has 0 bridgehead atoms. The Hall–Kier alpha value is -1.12. The van der Waals surface area contributed by atoms with E-state index in [4.69, 9.17) is 0 Å². The molecular formula is C13H23N3. The minimum absolute atomic E-state index is 0.232. The van der Waals surface area contributed by atoms with Crippen molar-refractivity contribution >= 4 is 5.82 Å². The maximum Gasteiger partial charge on any atom is 0.131 e. The third-order valence-corrected chi connectivity index (χ3v) is 2.15. The Morgan fingerprint density at radius 1 is 1.25 bits per heavy atom. The highest BCUT2D eigenvalue weighted by Crippen LogP contribution is 2.19. The first-order chi connectivity index (χ1) is 7.40. The second-order valence-electron chi connectivity index (χ2n) is 5.48. The number of anilines is 1. The second-order valence-corrected chi connectivity index (χ2v) is 5.48. The van der Waals surface area contributed by atoms with Gasteiger partial charge >= 0.3 is 0 Å². The van der Waals surface area contributed by atoms with Gasteiger partial charge in [0.1, 0.15) is 11.6 Å². The van der Waals surface area contributed by atoms with Crippen molar-refractivity contribution in [2.24, 2.45) is 5.41 Å². The smallest absolute Gasteiger partial charge is 0.131 e. The van der Waals surface area contributed by atoms with Crippen LogP contribution in [0.2, 0.25) is 0 Å². The molecule has 1 heterocycles. The molecule has 0 aliphatic heterocycles. The lowest BCUT2D eigenvalue weighted by Gasteiger charge is -2.17. The molecule has 1 N–H and O–H groups in total. The minimum atomic E-state index is 0.232. The van der Waals surface area contributed by atoms with E-state index in [0.29, 0.717) is 0 Å². The summed E-state index contributed by atoms with van der Waals surface area (Å²) in [6.45, 7) is 11.8. The molecule has 0 atom stereocenters. The quantitative estimate of drug-likeness (QED) is 0.848. The Morgan fingerprint density at radius 3 is 2.50 bits per heavy atom. The summed E-state index contributed by atoms with van der Waals surface area (Å²) in [6.07, 6.45) is 2.02. The third-order valence-electron chi connectivity index (χ3n) is 2.15. The van der Waals surface area contributed by atoms with Crippen LogP contribution in [-0.2, 0) is 6.42 Å². The molecule has 0 aliphatic carbocycles. The van der Waals surface area contributed by atoms with E-state index in [9.17, 15) is 0 Å². The number of nitrogens with one attached hydrogen (secondary N) is 1. The topological polar surface area (TPSA) is 37.8 Å². The Kier molecular flexibility index (Phi) is 4.27. The summed E-state index contributed by atoms with van der Waals surface area (Å²) < 4.78 is 0. The normalized spacial score (nSPS) is 11.6. The molecule has 90 valence electrons. The molecule has 1 rings (SSSR count). The molecule has 1 aromatic rings. The van der Waals surface area contributed by atoms with E-state index in [1.165, 1.54) is 0 Å². The maximum atomic E-state index is 4.53. The van der Waals surface area contributed by atoms with E-state index >= 15 is 0 Å². The van der Waals surface area contributed by atoms with Crippen LogP contribution in [0.1, 0.15) is 45.6 Å². The van der Waals surface area contributed by atoms with Gasteiger partial charge in [0.15, 0.2) is 0 Å². The molecule has 0 saturated heterocycles. The van der Waals surface area contributed by atoms with E-state index in [2.05, 4.69) is 43.0 Å². The zero-order valence-corrected chi connectivity index (χ0v) is 11.1. The van der Waals surface area contributed by atoms with Crippen LogP contribution in [-0.4, -0.2) is 16.5 Å². The number of nitrogens with zero attached hydrogens (tertiary/aromatic N) is 2. The molecular weight excluding hydrogens is 198 g/mol. The van der Waals surface area contributed by atoms with Crippen molar-refractivity contribution in [3.8, 4) is 0 Å². The molecule has 0 spiro atoms. The van der Waals surface area contributed by atoms with Crippen molar-refractivity contribution in [1.29, 1.82) is 0 Å². The molecule has 3 heteroatoms. The van der Waals surface area contributed by atoms with Gasteiger partial charge in [-0.05, 0) is 18.8 Å². The van der Waals surface area contributed by atoms with E-state index in [0.717, 1.165) is 36.7 Å². The lowest BCUT2D eigenvalue weighted by atomic mass is 9.92. The van der Waals surface area contributed by atoms with Gasteiger partial charge in [0.25, 0.3) is 0 Å². The average Bonchev–Trinajstić information content (AvgIpc) is 2.10. The van der Waals surface area contributed by atoms with E-state index < -0.39 is 0 Å². The van der Waals surface area contributed by atoms with Crippen LogP contribution in [0.15, 0.2) is 6.07 Å². The largest absolute Gasteiger partial charge is 0.370 e. The summed E-state index contributed by atoms with van der Waals surface area (Å²) in [5, 5.41) is 3.31. The molecule has 0 unspecified atom stereocenters. The Labute approximate surface area is 98.7 Å². The van der Waals surface area contributed by atoms with Crippen molar-refractivity contribution in [3.05, 3.63) is 17.6 Å². The molecule has 0 radical (unpaired) electrons. The summed E-state index contributed by atoms with van der Waals surface area (Å²) in [7, 11) is 0. The summed E-state index contributed by atoms with van der Waals surface area (Å²) in [5.74, 6) is 1.89. The number of rotatable bonds is 4. The highest BCUT2D eigenvalue weighted by Gasteiger charge is 2.14. The molecule has 0 fully saturated rings. The van der Waals surface area contributed by atoms with Gasteiger partial charge in [0.05, 0.1) is 0 Å². The first kappa shape index (κ1) is 12.9. The predicted molar refractivity (Wildman–Crippen MR) is 68.7 cm³/mol. The van der Waals surface area contributed by atoms with E-state index in [1.807, 2.05) is 13.0 Å². The van der Waals surface area contributed by atoms with E-state index in [-0.39, 0.29) is 5.41 Å². The van der Waals surface area contributed by atoms with Crippen LogP contribution in [0.25, 0.3) is 0 Å². The van der Waals surface area contributed by atoms with Crippen molar-refractivity contribution < 1.29 is 0 Å². The average molecular weight is 221 g/mol. The van der Waals surface area contributed by atoms with Crippen molar-refractivity contribution in [2.75, 3.05) is 11.9 Å². The van der Waals surface area contributed by atoms with Crippen molar-refractivity contribution in [1.82, 2.24) is 9.97 Å². The van der Waals surface area contributed by atoms with Gasteiger partial charge in [-0.3, -0.25) is 0 Å². The number of aromatic nitrogens is 2. The highest BCUT2D eigenvalue weighted by molar-refractivity contribution is 5.35. The Bertz CT molecular complexity index is 340. The number of hydrogen-bond donors (Lipinski definition) is 1. The molecule has 16 heavy (non-hydrogen) atoms. The SMILES string of the molecule is CCCNc1cc(C)nc(CC(C)(C)C)n1. The second kappa shape index (κ2) is 5.28. The molecule has 0 amide bonds. The zero-order valence-electron chi connectivity index (χ0n) is 11.1. The fraction of sp³-hybridized carbons (Fsp3) is 0.692. The molecule has 0 saturated carbocycles. The third kappa shape index (κ3) is 4.60. The van der Waals surface area contributed by atoms with Gasteiger partial charge in [-0.2, -0.15) is 0 Å². The van der Waals surface area contributed by atoms with Crippen molar-refractivity contribution in [2.45, 2.75) is 47.5 Å². The minimum Gasteiger partial charge on any atom is -0.370 e. The van der Waals surface area contributed by atoms with Gasteiger partial charge in [-0.25, -0.2) is 9.97 Å². The van der Waals surface area contributed by atoms with Gasteiger partial charge in [-0.15, -0.1) is 0 Å². The van der Waals surface area contributed by atoms with Crippen LogP contribution in [0.5, 0.6) is 0 Å². The lowest BCUT2D eigenvalue weighted by molar-refractivity contribution is 0.400. The number of aryl methyl sites for hydroxylation is 1. The van der Waals surface area contributed by atoms with E-state index in [1.54, 1.807) is 0 Å². The highest BCUT2D eigenvalue weighted by atomic mass is 15.0. The lowest BCUT2D eigenvalue weighted by Crippen LogP contribution is -2.14. The Balaban J connectivity index is 2.81. The van der Waals surface area contributed by atoms with Gasteiger partial charge < -0.3 is 5.32 Å². The maximum absolute atomic E-state index is 4.53. The standard InChI is InChI=1S/C13H23N3/c1-6-7-14-11-8-10(2)15-12(16-11)9-13(3,4)5/h8H,6-7,9H2,1-5H3,(H,14,15,16). The first-order valence-electron chi connectivity index (χ1n) is 5.99. The Morgan fingerprint density at radius 2 is 1.94 bits per heavy atom. The summed E-state index contributed by atoms with van der Waals surface area (Å²) in [4.78, 5) is 9.01. The van der Waals surface area contributed by atoms with Crippen LogP contribution >= 0.6 is 0 Å². The van der Waals surface area contributed by atoms with Crippen LogP contribution < -0.4 is 5.32 Å². The molecule has 0 aliphatic rings. The monoisotopic (exact) mass is 221 g/mol. The summed E-state index contributed by atoms with van der Waals surface area (Å²) in [5.41, 5.74) is 1.27. The van der Waals surface area contributed by atoms with Crippen molar-refractivity contribution in [3.63, 3.8) is 0 Å². The fourth-order valence-corrected chi connectivity index (χ4v) is 1.53. The van der Waals surface area contributed by atoms with Crippen LogP contribution in [0.3, 0.4) is 0 Å². The fourth-order valence-electron chi connectivity index (χ4n) is 1.53. The van der Waals surface area contributed by atoms with Gasteiger partial charge in [-0.1, -0.05) is 27.7 Å². The van der Waals surface area contributed by atoms with Crippen LogP contribution in [0.4, 0.5) is 5.82 Å². The molecule has 0 aromatic carbocycles. The summed E-state index contributed by atoms with van der Waals surface area (Å²) >= 11 is 0.